The van der Waals surface area contributed by atoms with E-state index in [4.69, 9.17) is 4.74 Å². The molecule has 6 heteroatoms. The second kappa shape index (κ2) is 6.08. The van der Waals surface area contributed by atoms with Crippen molar-refractivity contribution in [3.05, 3.63) is 53.5 Å². The fraction of sp³-hybridized carbons (Fsp3) is 0.235. The molecule has 118 valence electrons. The van der Waals surface area contributed by atoms with Gasteiger partial charge in [0.1, 0.15) is 5.75 Å². The van der Waals surface area contributed by atoms with E-state index in [1.807, 2.05) is 38.2 Å². The summed E-state index contributed by atoms with van der Waals surface area (Å²) in [4.78, 5) is 17.0. The Hall–Kier alpha value is -2.89. The number of ether oxygens (including phenoxy) is 1. The number of benzene rings is 1. The maximum atomic E-state index is 12.5. The highest BCUT2D eigenvalue weighted by molar-refractivity contribution is 6.06. The second-order valence-electron chi connectivity index (χ2n) is 5.21. The SMILES string of the molecule is CCc1nc2c(NC(=O)c3ccc(OC)cc3C)cccn2n1. The van der Waals surface area contributed by atoms with Crippen LogP contribution in [-0.4, -0.2) is 27.6 Å². The normalized spacial score (nSPS) is 10.7. The number of carbonyl (C=O) groups excluding carboxylic acids is 1. The Kier molecular flexibility index (Phi) is 3.97. The first-order valence-corrected chi connectivity index (χ1v) is 7.42. The van der Waals surface area contributed by atoms with Crippen LogP contribution in [0.25, 0.3) is 5.65 Å². The number of aromatic nitrogens is 3. The molecule has 1 amide bonds. The molecule has 0 saturated carbocycles. The summed E-state index contributed by atoms with van der Waals surface area (Å²) in [6, 6.07) is 9.01. The van der Waals surface area contributed by atoms with Gasteiger partial charge in [0, 0.05) is 18.2 Å². The molecule has 2 heterocycles. The number of amides is 1. The zero-order chi connectivity index (χ0) is 16.4. The quantitative estimate of drug-likeness (QED) is 0.804. The predicted molar refractivity (Wildman–Crippen MR) is 88.0 cm³/mol. The Morgan fingerprint density at radius 1 is 1.35 bits per heavy atom. The number of anilines is 1. The Morgan fingerprint density at radius 3 is 2.87 bits per heavy atom. The maximum Gasteiger partial charge on any atom is 0.256 e. The number of carbonyl (C=O) groups is 1. The van der Waals surface area contributed by atoms with Crippen LogP contribution in [0.3, 0.4) is 0 Å². The van der Waals surface area contributed by atoms with Crippen LogP contribution in [0.2, 0.25) is 0 Å². The van der Waals surface area contributed by atoms with Gasteiger partial charge in [-0.15, -0.1) is 0 Å². The molecular weight excluding hydrogens is 292 g/mol. The average Bonchev–Trinajstić information content (AvgIpc) is 2.99. The van der Waals surface area contributed by atoms with Gasteiger partial charge in [-0.05, 0) is 42.8 Å². The molecule has 0 atom stereocenters. The van der Waals surface area contributed by atoms with E-state index < -0.39 is 0 Å². The summed E-state index contributed by atoms with van der Waals surface area (Å²) in [6.07, 6.45) is 2.56. The molecule has 3 rings (SSSR count). The lowest BCUT2D eigenvalue weighted by molar-refractivity contribution is 0.102. The van der Waals surface area contributed by atoms with Gasteiger partial charge in [-0.25, -0.2) is 9.50 Å². The minimum Gasteiger partial charge on any atom is -0.497 e. The number of nitrogens with zero attached hydrogens (tertiary/aromatic N) is 3. The van der Waals surface area contributed by atoms with Crippen molar-refractivity contribution in [1.29, 1.82) is 0 Å². The average molecular weight is 310 g/mol. The molecule has 0 spiro atoms. The highest BCUT2D eigenvalue weighted by Gasteiger charge is 2.13. The van der Waals surface area contributed by atoms with Crippen LogP contribution in [-0.2, 0) is 6.42 Å². The fourth-order valence-electron chi connectivity index (χ4n) is 2.41. The summed E-state index contributed by atoms with van der Waals surface area (Å²) in [6.45, 7) is 3.87. The van der Waals surface area contributed by atoms with E-state index in [1.54, 1.807) is 23.8 Å². The van der Waals surface area contributed by atoms with Crippen molar-refractivity contribution in [2.45, 2.75) is 20.3 Å². The highest BCUT2D eigenvalue weighted by Crippen LogP contribution is 2.20. The summed E-state index contributed by atoms with van der Waals surface area (Å²) < 4.78 is 6.84. The lowest BCUT2D eigenvalue weighted by Crippen LogP contribution is -2.14. The van der Waals surface area contributed by atoms with E-state index in [1.165, 1.54) is 0 Å². The first-order valence-electron chi connectivity index (χ1n) is 7.42. The van der Waals surface area contributed by atoms with Gasteiger partial charge >= 0.3 is 0 Å². The van der Waals surface area contributed by atoms with Crippen molar-refractivity contribution < 1.29 is 9.53 Å². The number of nitrogens with one attached hydrogen (secondary N) is 1. The maximum absolute atomic E-state index is 12.5. The van der Waals surface area contributed by atoms with E-state index in [9.17, 15) is 4.79 Å². The van der Waals surface area contributed by atoms with Crippen LogP contribution in [0.1, 0.15) is 28.7 Å². The third-order valence-corrected chi connectivity index (χ3v) is 3.65. The van der Waals surface area contributed by atoms with Crippen molar-refractivity contribution >= 4 is 17.2 Å². The van der Waals surface area contributed by atoms with Gasteiger partial charge in [0.05, 0.1) is 12.8 Å². The van der Waals surface area contributed by atoms with E-state index in [0.29, 0.717) is 16.9 Å². The number of fused-ring (bicyclic) bond motifs is 1. The highest BCUT2D eigenvalue weighted by atomic mass is 16.5. The molecule has 2 aromatic heterocycles. The van der Waals surface area contributed by atoms with Crippen LogP contribution in [0.5, 0.6) is 5.75 Å². The van der Waals surface area contributed by atoms with E-state index in [2.05, 4.69) is 15.4 Å². The van der Waals surface area contributed by atoms with Crippen molar-refractivity contribution in [3.63, 3.8) is 0 Å². The summed E-state index contributed by atoms with van der Waals surface area (Å²) in [5.41, 5.74) is 2.73. The minimum atomic E-state index is -0.181. The van der Waals surface area contributed by atoms with Crippen molar-refractivity contribution in [2.24, 2.45) is 0 Å². The standard InChI is InChI=1S/C17H18N4O2/c1-4-15-19-16-14(6-5-9-21(16)20-15)18-17(22)13-8-7-12(23-3)10-11(13)2/h5-10H,4H2,1-3H3,(H,18,22). The van der Waals surface area contributed by atoms with Crippen LogP contribution >= 0.6 is 0 Å². The minimum absolute atomic E-state index is 0.181. The zero-order valence-electron chi connectivity index (χ0n) is 13.3. The molecule has 0 aliphatic rings. The summed E-state index contributed by atoms with van der Waals surface area (Å²) >= 11 is 0. The van der Waals surface area contributed by atoms with Crippen LogP contribution < -0.4 is 10.1 Å². The number of hydrogen-bond acceptors (Lipinski definition) is 4. The third kappa shape index (κ3) is 2.88. The molecule has 6 nitrogen and oxygen atoms in total. The lowest BCUT2D eigenvalue weighted by atomic mass is 10.1. The molecule has 0 aliphatic carbocycles. The smallest absolute Gasteiger partial charge is 0.256 e. The molecule has 0 saturated heterocycles. The van der Waals surface area contributed by atoms with Crippen LogP contribution in [0.15, 0.2) is 36.5 Å². The van der Waals surface area contributed by atoms with E-state index in [0.717, 1.165) is 23.6 Å². The molecule has 0 radical (unpaired) electrons. The number of methoxy groups -OCH3 is 1. The summed E-state index contributed by atoms with van der Waals surface area (Å²) in [7, 11) is 1.60. The van der Waals surface area contributed by atoms with Crippen LogP contribution in [0, 0.1) is 6.92 Å². The van der Waals surface area contributed by atoms with Gasteiger partial charge < -0.3 is 10.1 Å². The van der Waals surface area contributed by atoms with Gasteiger partial charge in [0.15, 0.2) is 11.5 Å². The second-order valence-corrected chi connectivity index (χ2v) is 5.21. The fourth-order valence-corrected chi connectivity index (χ4v) is 2.41. The molecule has 3 aromatic rings. The first-order chi connectivity index (χ1) is 11.1. The molecule has 1 N–H and O–H groups in total. The molecule has 0 fully saturated rings. The topological polar surface area (TPSA) is 68.5 Å². The van der Waals surface area contributed by atoms with Gasteiger partial charge in [-0.1, -0.05) is 6.92 Å². The number of hydrogen-bond donors (Lipinski definition) is 1. The van der Waals surface area contributed by atoms with E-state index in [-0.39, 0.29) is 5.91 Å². The number of aryl methyl sites for hydroxylation is 2. The Labute approximate surface area is 134 Å². The van der Waals surface area contributed by atoms with Crippen LogP contribution in [0.4, 0.5) is 5.69 Å². The molecule has 0 bridgehead atoms. The monoisotopic (exact) mass is 310 g/mol. The Bertz CT molecular complexity index is 870. The third-order valence-electron chi connectivity index (χ3n) is 3.65. The van der Waals surface area contributed by atoms with E-state index >= 15 is 0 Å². The van der Waals surface area contributed by atoms with Crippen molar-refractivity contribution in [3.8, 4) is 5.75 Å². The number of pyridine rings is 1. The predicted octanol–water partition coefficient (Wildman–Crippen LogP) is 2.86. The van der Waals surface area contributed by atoms with Gasteiger partial charge in [-0.2, -0.15) is 5.10 Å². The Morgan fingerprint density at radius 2 is 2.17 bits per heavy atom. The number of rotatable bonds is 4. The van der Waals surface area contributed by atoms with Crippen molar-refractivity contribution in [2.75, 3.05) is 12.4 Å². The first kappa shape index (κ1) is 15.0. The molecule has 1 aromatic carbocycles. The van der Waals surface area contributed by atoms with Gasteiger partial charge in [0.2, 0.25) is 0 Å². The summed E-state index contributed by atoms with van der Waals surface area (Å²) in [5.74, 6) is 1.29. The molecule has 23 heavy (non-hydrogen) atoms. The lowest BCUT2D eigenvalue weighted by Gasteiger charge is -2.09. The van der Waals surface area contributed by atoms with Gasteiger partial charge in [-0.3, -0.25) is 4.79 Å². The Balaban J connectivity index is 1.92. The zero-order valence-corrected chi connectivity index (χ0v) is 13.3. The molecular formula is C17H18N4O2. The molecule has 0 unspecified atom stereocenters. The van der Waals surface area contributed by atoms with Crippen molar-refractivity contribution in [1.82, 2.24) is 14.6 Å². The molecule has 0 aliphatic heterocycles. The largest absolute Gasteiger partial charge is 0.497 e. The van der Waals surface area contributed by atoms with Gasteiger partial charge in [0.25, 0.3) is 5.91 Å². The summed E-state index contributed by atoms with van der Waals surface area (Å²) in [5, 5.41) is 7.26.